The second kappa shape index (κ2) is 6.46. The molecule has 0 saturated heterocycles. The minimum atomic E-state index is -0.384. The van der Waals surface area contributed by atoms with Gasteiger partial charge in [-0.25, -0.2) is 0 Å². The van der Waals surface area contributed by atoms with Gasteiger partial charge in [0.25, 0.3) is 0 Å². The van der Waals surface area contributed by atoms with Gasteiger partial charge in [-0.3, -0.25) is 4.79 Å². The van der Waals surface area contributed by atoms with E-state index in [1.807, 2.05) is 6.92 Å². The smallest absolute Gasteiger partial charge is 0.136 e. The minimum absolute atomic E-state index is 0.0271. The van der Waals surface area contributed by atoms with Crippen LogP contribution in [0.5, 0.6) is 0 Å². The van der Waals surface area contributed by atoms with Crippen LogP contribution in [-0.4, -0.2) is 17.3 Å². The first-order valence-corrected chi connectivity index (χ1v) is 4.99. The zero-order chi connectivity index (χ0) is 11.1. The average molecular weight is 198 g/mol. The summed E-state index contributed by atoms with van der Waals surface area (Å²) < 4.78 is 0. The van der Waals surface area contributed by atoms with E-state index in [9.17, 15) is 14.4 Å². The molecule has 0 aliphatic rings. The Morgan fingerprint density at radius 3 is 1.71 bits per heavy atom. The molecule has 0 rings (SSSR count). The second-order valence-electron chi connectivity index (χ2n) is 3.73. The van der Waals surface area contributed by atoms with Gasteiger partial charge in [0.15, 0.2) is 0 Å². The molecule has 0 N–H and O–H groups in total. The molecule has 0 aromatic rings. The highest BCUT2D eigenvalue weighted by atomic mass is 16.1. The largest absolute Gasteiger partial charge is 0.300 e. The third-order valence-corrected chi connectivity index (χ3v) is 2.02. The van der Waals surface area contributed by atoms with Gasteiger partial charge in [0.1, 0.15) is 17.3 Å². The maximum Gasteiger partial charge on any atom is 0.136 e. The molecule has 0 aromatic heterocycles. The Bertz CT molecular complexity index is 215. The van der Waals surface area contributed by atoms with Gasteiger partial charge in [-0.1, -0.05) is 6.92 Å². The molecule has 0 heterocycles. The summed E-state index contributed by atoms with van der Waals surface area (Å²) in [5.74, 6) is -0.399. The van der Waals surface area contributed by atoms with Crippen molar-refractivity contribution in [3.05, 3.63) is 0 Å². The number of rotatable bonds is 7. The quantitative estimate of drug-likeness (QED) is 0.628. The number of hydrogen-bond acceptors (Lipinski definition) is 3. The summed E-state index contributed by atoms with van der Waals surface area (Å²) in [6.45, 7) is 4.81. The summed E-state index contributed by atoms with van der Waals surface area (Å²) in [5, 5.41) is 0. The molecule has 0 aliphatic heterocycles. The van der Waals surface area contributed by atoms with Gasteiger partial charge in [0.2, 0.25) is 0 Å². The Morgan fingerprint density at radius 1 is 1.00 bits per heavy atom. The van der Waals surface area contributed by atoms with Crippen LogP contribution in [0.1, 0.15) is 46.5 Å². The third kappa shape index (κ3) is 5.62. The van der Waals surface area contributed by atoms with E-state index in [4.69, 9.17) is 0 Å². The Kier molecular flexibility index (Phi) is 6.00. The van der Waals surface area contributed by atoms with Crippen molar-refractivity contribution in [2.24, 2.45) is 5.92 Å². The summed E-state index contributed by atoms with van der Waals surface area (Å²) in [4.78, 5) is 33.3. The molecule has 0 bridgehead atoms. The fraction of sp³-hybridized carbons (Fsp3) is 0.727. The first kappa shape index (κ1) is 13.0. The molecule has 0 aliphatic carbocycles. The molecule has 14 heavy (non-hydrogen) atoms. The highest BCUT2D eigenvalue weighted by Crippen LogP contribution is 2.14. The predicted molar refractivity (Wildman–Crippen MR) is 54.0 cm³/mol. The van der Waals surface area contributed by atoms with Crippen molar-refractivity contribution in [1.82, 2.24) is 0 Å². The Balaban J connectivity index is 4.29. The Labute approximate surface area is 84.9 Å². The fourth-order valence-corrected chi connectivity index (χ4v) is 1.44. The SMILES string of the molecule is CCCC(=O)C(CC(C)=O)CC(C)=O. The van der Waals surface area contributed by atoms with Crippen molar-refractivity contribution >= 4 is 17.3 Å². The highest BCUT2D eigenvalue weighted by molar-refractivity contribution is 5.90. The molecule has 0 spiro atoms. The molecule has 0 fully saturated rings. The lowest BCUT2D eigenvalue weighted by molar-refractivity contribution is -0.130. The molecule has 0 unspecified atom stereocenters. The normalized spacial score (nSPS) is 10.3. The zero-order valence-electron chi connectivity index (χ0n) is 9.13. The van der Waals surface area contributed by atoms with Gasteiger partial charge in [-0.15, -0.1) is 0 Å². The fourth-order valence-electron chi connectivity index (χ4n) is 1.44. The standard InChI is InChI=1S/C11H18O3/c1-4-5-11(14)10(6-8(2)12)7-9(3)13/h10H,4-7H2,1-3H3. The molecule has 3 heteroatoms. The molecular formula is C11H18O3. The Hall–Kier alpha value is -0.990. The van der Waals surface area contributed by atoms with Crippen molar-refractivity contribution in [1.29, 1.82) is 0 Å². The lowest BCUT2D eigenvalue weighted by atomic mass is 9.91. The maximum atomic E-state index is 11.5. The van der Waals surface area contributed by atoms with Gasteiger partial charge in [0, 0.05) is 25.2 Å². The monoisotopic (exact) mass is 198 g/mol. The zero-order valence-corrected chi connectivity index (χ0v) is 9.13. The van der Waals surface area contributed by atoms with Crippen molar-refractivity contribution in [3.8, 4) is 0 Å². The molecule has 80 valence electrons. The average Bonchev–Trinajstić information content (AvgIpc) is 2.01. The van der Waals surface area contributed by atoms with Gasteiger partial charge in [0.05, 0.1) is 0 Å². The van der Waals surface area contributed by atoms with Crippen LogP contribution < -0.4 is 0 Å². The Morgan fingerprint density at radius 2 is 1.43 bits per heavy atom. The van der Waals surface area contributed by atoms with Gasteiger partial charge in [-0.05, 0) is 20.3 Å². The van der Waals surface area contributed by atoms with E-state index >= 15 is 0 Å². The lowest BCUT2D eigenvalue weighted by Gasteiger charge is -2.11. The minimum Gasteiger partial charge on any atom is -0.300 e. The number of ketones is 3. The van der Waals surface area contributed by atoms with E-state index in [2.05, 4.69) is 0 Å². The van der Waals surface area contributed by atoms with Gasteiger partial charge >= 0.3 is 0 Å². The molecule has 0 aromatic carbocycles. The van der Waals surface area contributed by atoms with E-state index < -0.39 is 0 Å². The number of carbonyl (C=O) groups is 3. The van der Waals surface area contributed by atoms with Crippen LogP contribution in [0.2, 0.25) is 0 Å². The van der Waals surface area contributed by atoms with Crippen molar-refractivity contribution in [3.63, 3.8) is 0 Å². The van der Waals surface area contributed by atoms with E-state index in [0.29, 0.717) is 6.42 Å². The van der Waals surface area contributed by atoms with Crippen LogP contribution in [0, 0.1) is 5.92 Å². The molecule has 0 amide bonds. The van der Waals surface area contributed by atoms with Gasteiger partial charge in [-0.2, -0.15) is 0 Å². The highest BCUT2D eigenvalue weighted by Gasteiger charge is 2.20. The van der Waals surface area contributed by atoms with Crippen LogP contribution in [0.15, 0.2) is 0 Å². The third-order valence-electron chi connectivity index (χ3n) is 2.02. The summed E-state index contributed by atoms with van der Waals surface area (Å²) in [6, 6.07) is 0. The van der Waals surface area contributed by atoms with Crippen LogP contribution in [-0.2, 0) is 14.4 Å². The number of Topliss-reactive ketones (excluding diaryl/α,β-unsaturated/α-hetero) is 3. The first-order valence-electron chi connectivity index (χ1n) is 4.99. The van der Waals surface area contributed by atoms with Crippen LogP contribution in [0.3, 0.4) is 0 Å². The summed E-state index contributed by atoms with van der Waals surface area (Å²) >= 11 is 0. The van der Waals surface area contributed by atoms with Gasteiger partial charge < -0.3 is 9.59 Å². The number of hydrogen-bond donors (Lipinski definition) is 0. The summed E-state index contributed by atoms with van der Waals surface area (Å²) in [5.41, 5.74) is 0. The number of carbonyl (C=O) groups excluding carboxylic acids is 3. The van der Waals surface area contributed by atoms with E-state index in [1.54, 1.807) is 0 Å². The molecular weight excluding hydrogens is 180 g/mol. The molecule has 0 saturated carbocycles. The van der Waals surface area contributed by atoms with Crippen LogP contribution in [0.4, 0.5) is 0 Å². The van der Waals surface area contributed by atoms with E-state index in [-0.39, 0.29) is 36.1 Å². The summed E-state index contributed by atoms with van der Waals surface area (Å²) in [7, 11) is 0. The molecule has 0 atom stereocenters. The first-order chi connectivity index (χ1) is 6.47. The van der Waals surface area contributed by atoms with E-state index in [0.717, 1.165) is 6.42 Å². The summed E-state index contributed by atoms with van der Waals surface area (Å²) in [6.07, 6.45) is 1.65. The lowest BCUT2D eigenvalue weighted by Crippen LogP contribution is -2.19. The van der Waals surface area contributed by atoms with Crippen LogP contribution >= 0.6 is 0 Å². The topological polar surface area (TPSA) is 51.2 Å². The van der Waals surface area contributed by atoms with Crippen molar-refractivity contribution in [2.75, 3.05) is 0 Å². The maximum absolute atomic E-state index is 11.5. The predicted octanol–water partition coefficient (Wildman–Crippen LogP) is 1.93. The van der Waals surface area contributed by atoms with Crippen molar-refractivity contribution < 1.29 is 14.4 Å². The molecule has 3 nitrogen and oxygen atoms in total. The van der Waals surface area contributed by atoms with E-state index in [1.165, 1.54) is 13.8 Å². The molecule has 0 radical (unpaired) electrons. The van der Waals surface area contributed by atoms with Crippen molar-refractivity contribution in [2.45, 2.75) is 46.5 Å². The second-order valence-corrected chi connectivity index (χ2v) is 3.73. The van der Waals surface area contributed by atoms with Crippen LogP contribution in [0.25, 0.3) is 0 Å².